The molecule has 19 heavy (non-hydrogen) atoms. The fraction of sp³-hybridized carbons (Fsp3) is 0.333. The van der Waals surface area contributed by atoms with Crippen molar-refractivity contribution in [1.82, 2.24) is 0 Å². The molecule has 2 rings (SSSR count). The first-order chi connectivity index (χ1) is 9.10. The highest BCUT2D eigenvalue weighted by Crippen LogP contribution is 2.21. The van der Waals surface area contributed by atoms with Gasteiger partial charge in [-0.2, -0.15) is 0 Å². The number of aryl methyl sites for hydroxylation is 3. The highest BCUT2D eigenvalue weighted by atomic mass is 14.5. The molecule has 2 aromatic carbocycles. The minimum Gasteiger partial charge on any atom is -0.330 e. The highest BCUT2D eigenvalue weighted by molar-refractivity contribution is 5.32. The molecule has 0 aliphatic rings. The molecule has 0 aliphatic carbocycles. The lowest BCUT2D eigenvalue weighted by atomic mass is 9.90. The van der Waals surface area contributed by atoms with Gasteiger partial charge in [0.15, 0.2) is 0 Å². The van der Waals surface area contributed by atoms with E-state index in [1.165, 1.54) is 27.8 Å². The minimum absolute atomic E-state index is 0.405. The van der Waals surface area contributed by atoms with Crippen LogP contribution in [0.2, 0.25) is 0 Å². The van der Waals surface area contributed by atoms with Crippen molar-refractivity contribution < 1.29 is 0 Å². The van der Waals surface area contributed by atoms with Crippen LogP contribution in [0.4, 0.5) is 0 Å². The van der Waals surface area contributed by atoms with Crippen molar-refractivity contribution in [2.45, 2.75) is 33.1 Å². The van der Waals surface area contributed by atoms with Crippen molar-refractivity contribution >= 4 is 0 Å². The summed E-state index contributed by atoms with van der Waals surface area (Å²) < 4.78 is 0. The van der Waals surface area contributed by atoms with E-state index >= 15 is 0 Å². The van der Waals surface area contributed by atoms with Gasteiger partial charge in [-0.1, -0.05) is 48.0 Å². The molecule has 1 nitrogen and oxygen atoms in total. The molecular weight excluding hydrogens is 230 g/mol. The average Bonchev–Trinajstić information content (AvgIpc) is 2.41. The molecule has 1 heteroatoms. The standard InChI is InChI=1S/C18H23N/c1-13-4-8-17(9-5-13)18(12-19)11-16-7-6-14(2)15(3)10-16/h4-10,18H,11-12,19H2,1-3H3. The molecule has 1 atom stereocenters. The maximum absolute atomic E-state index is 5.96. The second-order valence-corrected chi connectivity index (χ2v) is 5.47. The van der Waals surface area contributed by atoms with Gasteiger partial charge in [-0.15, -0.1) is 0 Å². The molecule has 0 amide bonds. The van der Waals surface area contributed by atoms with E-state index < -0.39 is 0 Å². The van der Waals surface area contributed by atoms with Crippen molar-refractivity contribution in [2.24, 2.45) is 5.73 Å². The molecule has 0 aromatic heterocycles. The number of benzene rings is 2. The zero-order chi connectivity index (χ0) is 13.8. The van der Waals surface area contributed by atoms with Crippen molar-refractivity contribution in [3.8, 4) is 0 Å². The van der Waals surface area contributed by atoms with Crippen LogP contribution in [-0.4, -0.2) is 6.54 Å². The summed E-state index contributed by atoms with van der Waals surface area (Å²) in [6.45, 7) is 7.13. The van der Waals surface area contributed by atoms with E-state index in [2.05, 4.69) is 63.2 Å². The summed E-state index contributed by atoms with van der Waals surface area (Å²) in [5.41, 5.74) is 12.7. The summed E-state index contributed by atoms with van der Waals surface area (Å²) in [5, 5.41) is 0. The molecule has 0 saturated heterocycles. The van der Waals surface area contributed by atoms with Gasteiger partial charge in [0.2, 0.25) is 0 Å². The van der Waals surface area contributed by atoms with E-state index in [0.29, 0.717) is 12.5 Å². The third-order valence-corrected chi connectivity index (χ3v) is 3.89. The van der Waals surface area contributed by atoms with Gasteiger partial charge in [-0.25, -0.2) is 0 Å². The van der Waals surface area contributed by atoms with E-state index in [-0.39, 0.29) is 0 Å². The van der Waals surface area contributed by atoms with Gasteiger partial charge in [-0.05, 0) is 56.0 Å². The topological polar surface area (TPSA) is 26.0 Å². The SMILES string of the molecule is Cc1ccc(C(CN)Cc2ccc(C)c(C)c2)cc1. The van der Waals surface area contributed by atoms with Gasteiger partial charge in [0, 0.05) is 5.92 Å². The molecule has 0 bridgehead atoms. The maximum Gasteiger partial charge on any atom is 0.000157 e. The molecule has 0 fully saturated rings. The third-order valence-electron chi connectivity index (χ3n) is 3.89. The molecule has 0 radical (unpaired) electrons. The number of nitrogens with two attached hydrogens (primary N) is 1. The maximum atomic E-state index is 5.96. The fourth-order valence-corrected chi connectivity index (χ4v) is 2.39. The van der Waals surface area contributed by atoms with Crippen molar-refractivity contribution in [3.63, 3.8) is 0 Å². The van der Waals surface area contributed by atoms with Crippen molar-refractivity contribution in [2.75, 3.05) is 6.54 Å². The molecule has 100 valence electrons. The number of hydrogen-bond donors (Lipinski definition) is 1. The second-order valence-electron chi connectivity index (χ2n) is 5.47. The Morgan fingerprint density at radius 3 is 2.16 bits per heavy atom. The van der Waals surface area contributed by atoms with Crippen LogP contribution in [0, 0.1) is 20.8 Å². The molecule has 0 saturated carbocycles. The number of rotatable bonds is 4. The largest absolute Gasteiger partial charge is 0.330 e. The van der Waals surface area contributed by atoms with E-state index in [1.54, 1.807) is 0 Å². The van der Waals surface area contributed by atoms with Gasteiger partial charge in [-0.3, -0.25) is 0 Å². The van der Waals surface area contributed by atoms with Crippen LogP contribution in [-0.2, 0) is 6.42 Å². The molecular formula is C18H23N. The predicted octanol–water partition coefficient (Wildman–Crippen LogP) is 3.90. The quantitative estimate of drug-likeness (QED) is 0.878. The Labute approximate surface area is 116 Å². The smallest absolute Gasteiger partial charge is 0.000157 e. The highest BCUT2D eigenvalue weighted by Gasteiger charge is 2.10. The van der Waals surface area contributed by atoms with Gasteiger partial charge in [0.1, 0.15) is 0 Å². The minimum atomic E-state index is 0.405. The van der Waals surface area contributed by atoms with Crippen molar-refractivity contribution in [1.29, 1.82) is 0 Å². The lowest BCUT2D eigenvalue weighted by Gasteiger charge is -2.16. The monoisotopic (exact) mass is 253 g/mol. The first-order valence-electron chi connectivity index (χ1n) is 6.93. The first kappa shape index (κ1) is 13.8. The zero-order valence-electron chi connectivity index (χ0n) is 12.1. The predicted molar refractivity (Wildman–Crippen MR) is 82.6 cm³/mol. The molecule has 0 aliphatic heterocycles. The molecule has 2 aromatic rings. The average molecular weight is 253 g/mol. The Balaban J connectivity index is 2.18. The normalized spacial score (nSPS) is 12.4. The molecule has 0 heterocycles. The van der Waals surface area contributed by atoms with Gasteiger partial charge in [0.25, 0.3) is 0 Å². The van der Waals surface area contributed by atoms with Gasteiger partial charge >= 0.3 is 0 Å². The van der Waals surface area contributed by atoms with Gasteiger partial charge < -0.3 is 5.73 Å². The van der Waals surface area contributed by atoms with Crippen LogP contribution in [0.3, 0.4) is 0 Å². The fourth-order valence-electron chi connectivity index (χ4n) is 2.39. The lowest BCUT2D eigenvalue weighted by Crippen LogP contribution is -2.15. The summed E-state index contributed by atoms with van der Waals surface area (Å²) >= 11 is 0. The summed E-state index contributed by atoms with van der Waals surface area (Å²) in [4.78, 5) is 0. The van der Waals surface area contributed by atoms with Crippen molar-refractivity contribution in [3.05, 3.63) is 70.3 Å². The molecule has 1 unspecified atom stereocenters. The van der Waals surface area contributed by atoms with Crippen LogP contribution in [0.15, 0.2) is 42.5 Å². The lowest BCUT2D eigenvalue weighted by molar-refractivity contribution is 0.694. The number of hydrogen-bond acceptors (Lipinski definition) is 1. The Hall–Kier alpha value is -1.60. The van der Waals surface area contributed by atoms with Crippen LogP contribution in [0.5, 0.6) is 0 Å². The van der Waals surface area contributed by atoms with Crippen LogP contribution < -0.4 is 5.73 Å². The third kappa shape index (κ3) is 3.45. The summed E-state index contributed by atoms with van der Waals surface area (Å²) in [6, 6.07) is 15.4. The van der Waals surface area contributed by atoms with E-state index in [0.717, 1.165) is 6.42 Å². The van der Waals surface area contributed by atoms with E-state index in [9.17, 15) is 0 Å². The molecule has 2 N–H and O–H groups in total. The summed E-state index contributed by atoms with van der Waals surface area (Å²) in [7, 11) is 0. The summed E-state index contributed by atoms with van der Waals surface area (Å²) in [6.07, 6.45) is 1.01. The Morgan fingerprint density at radius 2 is 1.58 bits per heavy atom. The zero-order valence-corrected chi connectivity index (χ0v) is 12.1. The van der Waals surface area contributed by atoms with E-state index in [4.69, 9.17) is 5.73 Å². The Kier molecular flexibility index (Phi) is 4.39. The van der Waals surface area contributed by atoms with Gasteiger partial charge in [0.05, 0.1) is 0 Å². The Morgan fingerprint density at radius 1 is 0.895 bits per heavy atom. The molecule has 0 spiro atoms. The van der Waals surface area contributed by atoms with E-state index in [1.807, 2.05) is 0 Å². The first-order valence-corrected chi connectivity index (χ1v) is 6.93. The second kappa shape index (κ2) is 6.03. The Bertz CT molecular complexity index is 540. The summed E-state index contributed by atoms with van der Waals surface area (Å²) in [5.74, 6) is 0.405. The van der Waals surface area contributed by atoms with Crippen LogP contribution in [0.25, 0.3) is 0 Å². The van der Waals surface area contributed by atoms with Crippen LogP contribution >= 0.6 is 0 Å². The van der Waals surface area contributed by atoms with Crippen LogP contribution in [0.1, 0.15) is 33.7 Å².